The fraction of sp³-hybridized carbons (Fsp3) is 0.391. The highest BCUT2D eigenvalue weighted by Crippen LogP contribution is 2.26. The molecular weight excluding hydrogens is 396 g/mol. The highest BCUT2D eigenvalue weighted by molar-refractivity contribution is 7.13. The number of nitrogens with one attached hydrogen (secondary N) is 1. The van der Waals surface area contributed by atoms with Gasteiger partial charge in [-0.05, 0) is 37.4 Å². The molecule has 0 bridgehead atoms. The van der Waals surface area contributed by atoms with Gasteiger partial charge in [-0.15, -0.1) is 11.3 Å². The zero-order chi connectivity index (χ0) is 20.9. The number of aromatic nitrogens is 1. The number of nitrogens with zero attached hydrogens (tertiary/aromatic N) is 3. The van der Waals surface area contributed by atoms with Crippen LogP contribution in [0.2, 0.25) is 0 Å². The van der Waals surface area contributed by atoms with Gasteiger partial charge in [-0.3, -0.25) is 9.69 Å². The van der Waals surface area contributed by atoms with Gasteiger partial charge in [-0.1, -0.05) is 24.3 Å². The summed E-state index contributed by atoms with van der Waals surface area (Å²) in [7, 11) is 0. The second-order valence-corrected chi connectivity index (χ2v) is 8.64. The number of oxazole rings is 1. The van der Waals surface area contributed by atoms with Crippen molar-refractivity contribution in [2.75, 3.05) is 37.6 Å². The van der Waals surface area contributed by atoms with E-state index in [4.69, 9.17) is 4.42 Å². The minimum absolute atomic E-state index is 0.0149. The number of benzene rings is 1. The Bertz CT molecular complexity index is 947. The molecular formula is C23H28N4O2S. The predicted molar refractivity (Wildman–Crippen MR) is 121 cm³/mol. The molecule has 3 heterocycles. The molecule has 0 spiro atoms. The Labute approximate surface area is 181 Å². The molecule has 4 rings (SSSR count). The zero-order valence-corrected chi connectivity index (χ0v) is 18.3. The Morgan fingerprint density at radius 3 is 2.63 bits per heavy atom. The van der Waals surface area contributed by atoms with Crippen LogP contribution in [0.4, 0.5) is 5.69 Å². The van der Waals surface area contributed by atoms with Crippen LogP contribution in [0.3, 0.4) is 0 Å². The largest absolute Gasteiger partial charge is 0.440 e. The van der Waals surface area contributed by atoms with Gasteiger partial charge in [-0.2, -0.15) is 0 Å². The number of thiophene rings is 1. The summed E-state index contributed by atoms with van der Waals surface area (Å²) in [6.45, 7) is 8.68. The van der Waals surface area contributed by atoms with Crippen molar-refractivity contribution in [3.05, 3.63) is 59.3 Å². The summed E-state index contributed by atoms with van der Waals surface area (Å²) < 4.78 is 5.73. The van der Waals surface area contributed by atoms with E-state index < -0.39 is 0 Å². The summed E-state index contributed by atoms with van der Waals surface area (Å²) in [5, 5.41) is 5.06. The lowest BCUT2D eigenvalue weighted by Gasteiger charge is -2.39. The Morgan fingerprint density at radius 2 is 1.93 bits per heavy atom. The van der Waals surface area contributed by atoms with Crippen molar-refractivity contribution in [1.82, 2.24) is 15.2 Å². The van der Waals surface area contributed by atoms with Crippen molar-refractivity contribution in [3.8, 4) is 10.8 Å². The molecule has 1 unspecified atom stereocenters. The molecule has 0 radical (unpaired) electrons. The molecule has 30 heavy (non-hydrogen) atoms. The molecule has 0 aliphatic carbocycles. The topological polar surface area (TPSA) is 61.6 Å². The SMILES string of the molecule is Cc1oc(-c2cccs2)nc1CC(=O)NCC(C)N1CCN(c2ccccc2)CC1. The lowest BCUT2D eigenvalue weighted by molar-refractivity contribution is -0.120. The van der Waals surface area contributed by atoms with Crippen LogP contribution in [0.15, 0.2) is 52.3 Å². The molecule has 2 aromatic heterocycles. The van der Waals surface area contributed by atoms with Gasteiger partial charge in [0.05, 0.1) is 17.0 Å². The van der Waals surface area contributed by atoms with E-state index in [-0.39, 0.29) is 12.3 Å². The summed E-state index contributed by atoms with van der Waals surface area (Å²) in [5.74, 6) is 1.28. The van der Waals surface area contributed by atoms with Crippen LogP contribution in [0.25, 0.3) is 10.8 Å². The molecule has 1 atom stereocenters. The fourth-order valence-electron chi connectivity index (χ4n) is 3.76. The van der Waals surface area contributed by atoms with Crippen molar-refractivity contribution in [3.63, 3.8) is 0 Å². The number of para-hydroxylation sites is 1. The average Bonchev–Trinajstić information content (AvgIpc) is 3.43. The summed E-state index contributed by atoms with van der Waals surface area (Å²) in [5.41, 5.74) is 1.99. The molecule has 0 saturated carbocycles. The first-order chi connectivity index (χ1) is 14.6. The van der Waals surface area contributed by atoms with E-state index in [1.54, 1.807) is 11.3 Å². The molecule has 6 nitrogen and oxygen atoms in total. The number of rotatable bonds is 7. The molecule has 1 amide bonds. The smallest absolute Gasteiger partial charge is 0.236 e. The van der Waals surface area contributed by atoms with Crippen molar-refractivity contribution >= 4 is 22.9 Å². The van der Waals surface area contributed by atoms with Crippen LogP contribution >= 0.6 is 11.3 Å². The number of anilines is 1. The van der Waals surface area contributed by atoms with Gasteiger partial charge in [0, 0.05) is 44.5 Å². The van der Waals surface area contributed by atoms with E-state index in [1.807, 2.05) is 30.5 Å². The third kappa shape index (κ3) is 4.91. The Morgan fingerprint density at radius 1 is 1.17 bits per heavy atom. The van der Waals surface area contributed by atoms with E-state index in [9.17, 15) is 4.79 Å². The highest BCUT2D eigenvalue weighted by atomic mass is 32.1. The molecule has 158 valence electrons. The molecule has 3 aromatic rings. The third-order valence-corrected chi connectivity index (χ3v) is 6.46. The quantitative estimate of drug-likeness (QED) is 0.628. The summed E-state index contributed by atoms with van der Waals surface area (Å²) >= 11 is 1.58. The van der Waals surface area contributed by atoms with Gasteiger partial charge in [0.15, 0.2) is 0 Å². The summed E-state index contributed by atoms with van der Waals surface area (Å²) in [6.07, 6.45) is 0.245. The number of piperazine rings is 1. The van der Waals surface area contributed by atoms with Crippen LogP contribution in [-0.4, -0.2) is 54.6 Å². The van der Waals surface area contributed by atoms with Gasteiger partial charge in [-0.25, -0.2) is 4.98 Å². The second-order valence-electron chi connectivity index (χ2n) is 7.69. The zero-order valence-electron chi connectivity index (χ0n) is 17.5. The van der Waals surface area contributed by atoms with Crippen LogP contribution in [0.1, 0.15) is 18.4 Å². The number of aryl methyl sites for hydroxylation is 1. The minimum Gasteiger partial charge on any atom is -0.440 e. The fourth-order valence-corrected chi connectivity index (χ4v) is 4.41. The van der Waals surface area contributed by atoms with Crippen molar-refractivity contribution < 1.29 is 9.21 Å². The van der Waals surface area contributed by atoms with Crippen LogP contribution in [-0.2, 0) is 11.2 Å². The van der Waals surface area contributed by atoms with Crippen molar-refractivity contribution in [2.45, 2.75) is 26.3 Å². The molecule has 7 heteroatoms. The van der Waals surface area contributed by atoms with Crippen LogP contribution in [0.5, 0.6) is 0 Å². The highest BCUT2D eigenvalue weighted by Gasteiger charge is 2.22. The van der Waals surface area contributed by atoms with E-state index >= 15 is 0 Å². The first kappa shape index (κ1) is 20.6. The number of carbonyl (C=O) groups excluding carboxylic acids is 1. The van der Waals surface area contributed by atoms with E-state index in [2.05, 4.69) is 51.3 Å². The Balaban J connectivity index is 1.23. The summed E-state index contributed by atoms with van der Waals surface area (Å²) in [4.78, 5) is 22.8. The monoisotopic (exact) mass is 424 g/mol. The second kappa shape index (κ2) is 9.45. The van der Waals surface area contributed by atoms with E-state index in [0.29, 0.717) is 29.9 Å². The maximum atomic E-state index is 12.5. The maximum absolute atomic E-state index is 12.5. The van der Waals surface area contributed by atoms with Crippen LogP contribution < -0.4 is 10.2 Å². The first-order valence-electron chi connectivity index (χ1n) is 10.4. The van der Waals surface area contributed by atoms with Gasteiger partial charge in [0.25, 0.3) is 0 Å². The number of hydrogen-bond donors (Lipinski definition) is 1. The van der Waals surface area contributed by atoms with Crippen molar-refractivity contribution in [1.29, 1.82) is 0 Å². The third-order valence-electron chi connectivity index (χ3n) is 5.61. The normalized spacial score (nSPS) is 15.9. The van der Waals surface area contributed by atoms with E-state index in [0.717, 1.165) is 31.1 Å². The molecule has 1 aliphatic heterocycles. The average molecular weight is 425 g/mol. The van der Waals surface area contributed by atoms with Gasteiger partial charge < -0.3 is 14.6 Å². The molecule has 1 aromatic carbocycles. The van der Waals surface area contributed by atoms with Crippen molar-refractivity contribution in [2.24, 2.45) is 0 Å². The molecule has 1 fully saturated rings. The maximum Gasteiger partial charge on any atom is 0.236 e. The van der Waals surface area contributed by atoms with Gasteiger partial charge >= 0.3 is 0 Å². The summed E-state index contributed by atoms with van der Waals surface area (Å²) in [6, 6.07) is 14.8. The molecule has 1 aliphatic rings. The molecule has 1 saturated heterocycles. The predicted octanol–water partition coefficient (Wildman–Crippen LogP) is 3.58. The Kier molecular flexibility index (Phi) is 6.50. The van der Waals surface area contributed by atoms with Gasteiger partial charge in [0.1, 0.15) is 5.76 Å². The number of amides is 1. The lowest BCUT2D eigenvalue weighted by Crippen LogP contribution is -2.52. The number of hydrogen-bond acceptors (Lipinski definition) is 6. The molecule has 1 N–H and O–H groups in total. The minimum atomic E-state index is -0.0149. The standard InChI is InChI=1S/C23H28N4O2S/c1-17(26-10-12-27(13-11-26)19-7-4-3-5-8-19)16-24-22(28)15-20-18(2)29-23(25-20)21-9-6-14-30-21/h3-9,14,17H,10-13,15-16H2,1-2H3,(H,24,28). The first-order valence-corrected chi connectivity index (χ1v) is 11.3. The lowest BCUT2D eigenvalue weighted by atomic mass is 10.2. The van der Waals surface area contributed by atoms with E-state index in [1.165, 1.54) is 5.69 Å². The Hall–Kier alpha value is -2.64. The number of carbonyl (C=O) groups is 1. The van der Waals surface area contributed by atoms with Gasteiger partial charge in [0.2, 0.25) is 11.8 Å². The van der Waals surface area contributed by atoms with Crippen LogP contribution in [0, 0.1) is 6.92 Å².